The van der Waals surface area contributed by atoms with Gasteiger partial charge in [0.15, 0.2) is 0 Å². The van der Waals surface area contributed by atoms with Crippen LogP contribution in [0, 0.1) is 0 Å². The lowest BCUT2D eigenvalue weighted by atomic mass is 10.2. The van der Waals surface area contributed by atoms with Crippen molar-refractivity contribution in [1.82, 2.24) is 20.5 Å². The van der Waals surface area contributed by atoms with E-state index in [9.17, 15) is 4.79 Å². The van der Waals surface area contributed by atoms with Crippen LogP contribution in [0.25, 0.3) is 0 Å². The summed E-state index contributed by atoms with van der Waals surface area (Å²) < 4.78 is 0. The maximum Gasteiger partial charge on any atom is 0.282 e. The highest BCUT2D eigenvalue weighted by Crippen LogP contribution is 2.16. The zero-order valence-corrected chi connectivity index (χ0v) is 11.6. The summed E-state index contributed by atoms with van der Waals surface area (Å²) in [5.74, 6) is -0.236. The molecule has 0 aliphatic heterocycles. The number of aromatic nitrogens is 3. The monoisotopic (exact) mass is 277 g/mol. The van der Waals surface area contributed by atoms with Crippen LogP contribution in [0.15, 0.2) is 24.4 Å². The fraction of sp³-hybridized carbons (Fsp3) is 0.333. The van der Waals surface area contributed by atoms with E-state index in [4.69, 9.17) is 0 Å². The number of hydrogen-bond acceptors (Lipinski definition) is 6. The molecule has 7 heteroatoms. The van der Waals surface area contributed by atoms with Gasteiger partial charge in [0.05, 0.1) is 11.7 Å². The van der Waals surface area contributed by atoms with E-state index in [1.54, 1.807) is 6.20 Å². The lowest BCUT2D eigenvalue weighted by molar-refractivity contribution is 0.0938. The quantitative estimate of drug-likeness (QED) is 0.872. The Balaban J connectivity index is 2.00. The summed E-state index contributed by atoms with van der Waals surface area (Å²) >= 11 is 1.24. The molecule has 6 nitrogen and oxygen atoms in total. The second-order valence-corrected chi connectivity index (χ2v) is 4.87. The zero-order valence-electron chi connectivity index (χ0n) is 10.8. The Hall–Kier alpha value is -2.02. The number of nitrogens with zero attached hydrogens (tertiary/aromatic N) is 3. The van der Waals surface area contributed by atoms with Crippen LogP contribution < -0.4 is 10.6 Å². The Labute approximate surface area is 115 Å². The van der Waals surface area contributed by atoms with Gasteiger partial charge in [0.2, 0.25) is 10.1 Å². The summed E-state index contributed by atoms with van der Waals surface area (Å²) in [5.41, 5.74) is 0.812. The van der Waals surface area contributed by atoms with Gasteiger partial charge in [-0.1, -0.05) is 17.4 Å². The van der Waals surface area contributed by atoms with E-state index in [0.717, 1.165) is 12.2 Å². The number of carbonyl (C=O) groups is 1. The van der Waals surface area contributed by atoms with Gasteiger partial charge in [0.1, 0.15) is 0 Å². The van der Waals surface area contributed by atoms with Gasteiger partial charge in [-0.2, -0.15) is 0 Å². The Morgan fingerprint density at radius 2 is 2.26 bits per heavy atom. The molecule has 0 spiro atoms. The van der Waals surface area contributed by atoms with E-state index in [1.165, 1.54) is 11.3 Å². The topological polar surface area (TPSA) is 79.8 Å². The molecular formula is C12H15N5OS. The summed E-state index contributed by atoms with van der Waals surface area (Å²) in [5, 5.41) is 14.6. The van der Waals surface area contributed by atoms with E-state index in [-0.39, 0.29) is 11.9 Å². The standard InChI is InChI=1S/C12H15N5OS/c1-3-13-12-17-16-11(19-12)10(18)15-8(2)9-6-4-5-7-14-9/h4-8H,3H2,1-2H3,(H,13,17)(H,15,18). The largest absolute Gasteiger partial charge is 0.360 e. The van der Waals surface area contributed by atoms with Crippen LogP contribution in [0.4, 0.5) is 5.13 Å². The van der Waals surface area contributed by atoms with Crippen molar-refractivity contribution < 1.29 is 4.79 Å². The minimum atomic E-state index is -0.236. The average Bonchev–Trinajstić information content (AvgIpc) is 2.89. The number of amides is 1. The van der Waals surface area contributed by atoms with Gasteiger partial charge in [-0.3, -0.25) is 9.78 Å². The Kier molecular flexibility index (Phi) is 4.40. The number of pyridine rings is 1. The summed E-state index contributed by atoms with van der Waals surface area (Å²) in [6.45, 7) is 4.59. The number of carbonyl (C=O) groups excluding carboxylic acids is 1. The molecule has 2 aromatic rings. The Morgan fingerprint density at radius 3 is 2.95 bits per heavy atom. The van der Waals surface area contributed by atoms with Gasteiger partial charge in [-0.05, 0) is 26.0 Å². The van der Waals surface area contributed by atoms with E-state index in [1.807, 2.05) is 32.0 Å². The molecule has 0 saturated carbocycles. The third kappa shape index (κ3) is 3.47. The first-order valence-corrected chi connectivity index (χ1v) is 6.81. The first-order chi connectivity index (χ1) is 9.20. The third-order valence-corrected chi connectivity index (χ3v) is 3.31. The third-order valence-electron chi connectivity index (χ3n) is 2.43. The molecule has 1 atom stereocenters. The van der Waals surface area contributed by atoms with Crippen molar-refractivity contribution in [2.24, 2.45) is 0 Å². The molecule has 1 amide bonds. The predicted molar refractivity (Wildman–Crippen MR) is 74.2 cm³/mol. The summed E-state index contributed by atoms with van der Waals surface area (Å²) in [6, 6.07) is 5.43. The number of anilines is 1. The molecule has 0 aliphatic carbocycles. The van der Waals surface area contributed by atoms with Crippen LogP contribution in [-0.4, -0.2) is 27.6 Å². The Morgan fingerprint density at radius 1 is 1.42 bits per heavy atom. The molecule has 0 bridgehead atoms. The van der Waals surface area contributed by atoms with Crippen molar-refractivity contribution >= 4 is 22.4 Å². The summed E-state index contributed by atoms with van der Waals surface area (Å²) in [4.78, 5) is 16.2. The van der Waals surface area contributed by atoms with E-state index < -0.39 is 0 Å². The molecule has 19 heavy (non-hydrogen) atoms. The lowest BCUT2D eigenvalue weighted by Gasteiger charge is -2.11. The van der Waals surface area contributed by atoms with Crippen molar-refractivity contribution in [2.75, 3.05) is 11.9 Å². The zero-order chi connectivity index (χ0) is 13.7. The molecule has 2 heterocycles. The molecule has 1 unspecified atom stereocenters. The van der Waals surface area contributed by atoms with Crippen LogP contribution in [0.2, 0.25) is 0 Å². The molecule has 2 aromatic heterocycles. The molecule has 0 saturated heterocycles. The Bertz CT molecular complexity index is 542. The van der Waals surface area contributed by atoms with Gasteiger partial charge in [0, 0.05) is 12.7 Å². The van der Waals surface area contributed by atoms with Crippen LogP contribution in [0.5, 0.6) is 0 Å². The maximum absolute atomic E-state index is 12.0. The normalized spacial score (nSPS) is 11.9. The molecule has 0 radical (unpaired) electrons. The predicted octanol–water partition coefficient (Wildman–Crippen LogP) is 1.86. The van der Waals surface area contributed by atoms with Gasteiger partial charge < -0.3 is 10.6 Å². The summed E-state index contributed by atoms with van der Waals surface area (Å²) in [6.07, 6.45) is 1.70. The minimum Gasteiger partial charge on any atom is -0.360 e. The van der Waals surface area contributed by atoms with Crippen molar-refractivity contribution in [2.45, 2.75) is 19.9 Å². The smallest absolute Gasteiger partial charge is 0.282 e. The average molecular weight is 277 g/mol. The number of nitrogens with one attached hydrogen (secondary N) is 2. The fourth-order valence-electron chi connectivity index (χ4n) is 1.50. The van der Waals surface area contributed by atoms with Gasteiger partial charge >= 0.3 is 0 Å². The minimum absolute atomic E-state index is 0.166. The molecule has 100 valence electrons. The van der Waals surface area contributed by atoms with E-state index in [2.05, 4.69) is 25.8 Å². The highest BCUT2D eigenvalue weighted by atomic mass is 32.1. The van der Waals surface area contributed by atoms with Gasteiger partial charge in [-0.25, -0.2) is 0 Å². The van der Waals surface area contributed by atoms with Gasteiger partial charge in [-0.15, -0.1) is 10.2 Å². The lowest BCUT2D eigenvalue weighted by Crippen LogP contribution is -2.27. The van der Waals surface area contributed by atoms with Crippen molar-refractivity contribution in [3.8, 4) is 0 Å². The molecule has 0 aliphatic rings. The van der Waals surface area contributed by atoms with Crippen LogP contribution >= 0.6 is 11.3 Å². The van der Waals surface area contributed by atoms with Crippen LogP contribution in [-0.2, 0) is 0 Å². The van der Waals surface area contributed by atoms with Crippen molar-refractivity contribution in [1.29, 1.82) is 0 Å². The van der Waals surface area contributed by atoms with Crippen molar-refractivity contribution in [3.05, 3.63) is 35.1 Å². The first-order valence-electron chi connectivity index (χ1n) is 6.00. The molecule has 2 rings (SSSR count). The summed E-state index contributed by atoms with van der Waals surface area (Å²) in [7, 11) is 0. The molecule has 0 aromatic carbocycles. The van der Waals surface area contributed by atoms with E-state index >= 15 is 0 Å². The molecule has 2 N–H and O–H groups in total. The van der Waals surface area contributed by atoms with Gasteiger partial charge in [0.25, 0.3) is 5.91 Å². The second kappa shape index (κ2) is 6.24. The molecular weight excluding hydrogens is 262 g/mol. The second-order valence-electron chi connectivity index (χ2n) is 3.89. The number of rotatable bonds is 5. The SMILES string of the molecule is CCNc1nnc(C(=O)NC(C)c2ccccn2)s1. The van der Waals surface area contributed by atoms with E-state index in [0.29, 0.717) is 10.1 Å². The number of hydrogen-bond donors (Lipinski definition) is 2. The maximum atomic E-state index is 12.0. The fourth-order valence-corrected chi connectivity index (χ4v) is 2.22. The van der Waals surface area contributed by atoms with Crippen LogP contribution in [0.3, 0.4) is 0 Å². The highest BCUT2D eigenvalue weighted by Gasteiger charge is 2.16. The molecule has 0 fully saturated rings. The highest BCUT2D eigenvalue weighted by molar-refractivity contribution is 7.17. The first kappa shape index (κ1) is 13.4. The van der Waals surface area contributed by atoms with Crippen LogP contribution in [0.1, 0.15) is 35.4 Å². The van der Waals surface area contributed by atoms with Crippen molar-refractivity contribution in [3.63, 3.8) is 0 Å².